The molecule has 1 amide bonds. The number of carbonyl (C=O) groups is 1. The van der Waals surface area contributed by atoms with Gasteiger partial charge in [-0.15, -0.1) is 11.3 Å². The first kappa shape index (κ1) is 17.5. The fraction of sp³-hybridized carbons (Fsp3) is 0.562. The zero-order valence-electron chi connectivity index (χ0n) is 14.3. The van der Waals surface area contributed by atoms with Crippen LogP contribution in [0.1, 0.15) is 56.8 Å². The lowest BCUT2D eigenvalue weighted by atomic mass is 10.2. The minimum atomic E-state index is -0.493. The van der Waals surface area contributed by atoms with E-state index in [1.807, 2.05) is 31.6 Å². The van der Waals surface area contributed by atoms with Crippen LogP contribution in [0.3, 0.4) is 0 Å². The SMILES string of the molecule is CC(C)c1nc(Cn2cc(CNC(=O)OC(C)(C)C)cn2)cs1. The van der Waals surface area contributed by atoms with Gasteiger partial charge in [-0.1, -0.05) is 13.8 Å². The van der Waals surface area contributed by atoms with Crippen molar-refractivity contribution in [2.45, 2.75) is 59.2 Å². The van der Waals surface area contributed by atoms with Crippen molar-refractivity contribution in [3.8, 4) is 0 Å². The Morgan fingerprint density at radius 3 is 2.78 bits per heavy atom. The molecule has 2 heterocycles. The van der Waals surface area contributed by atoms with Gasteiger partial charge >= 0.3 is 6.09 Å². The molecule has 2 aromatic heterocycles. The van der Waals surface area contributed by atoms with Crippen LogP contribution >= 0.6 is 11.3 Å². The number of carbonyl (C=O) groups excluding carboxylic acids is 1. The highest BCUT2D eigenvalue weighted by Crippen LogP contribution is 2.19. The van der Waals surface area contributed by atoms with E-state index in [9.17, 15) is 4.79 Å². The van der Waals surface area contributed by atoms with Crippen LogP contribution in [0.5, 0.6) is 0 Å². The van der Waals surface area contributed by atoms with Gasteiger partial charge < -0.3 is 10.1 Å². The maximum atomic E-state index is 11.6. The predicted octanol–water partition coefficient (Wildman–Crippen LogP) is 3.54. The molecule has 23 heavy (non-hydrogen) atoms. The zero-order valence-corrected chi connectivity index (χ0v) is 15.1. The molecule has 0 unspecified atom stereocenters. The molecule has 0 spiro atoms. The molecule has 0 saturated heterocycles. The summed E-state index contributed by atoms with van der Waals surface area (Å²) in [7, 11) is 0. The number of alkyl carbamates (subject to hydrolysis) is 1. The smallest absolute Gasteiger partial charge is 0.407 e. The fourth-order valence-corrected chi connectivity index (χ4v) is 2.73. The highest BCUT2D eigenvalue weighted by atomic mass is 32.1. The summed E-state index contributed by atoms with van der Waals surface area (Å²) in [5, 5.41) is 10.2. The normalized spacial score (nSPS) is 11.7. The minimum absolute atomic E-state index is 0.392. The van der Waals surface area contributed by atoms with Gasteiger partial charge in [0.2, 0.25) is 0 Å². The van der Waals surface area contributed by atoms with Crippen molar-refractivity contribution in [2.75, 3.05) is 0 Å². The van der Waals surface area contributed by atoms with Crippen molar-refractivity contribution in [3.63, 3.8) is 0 Å². The molecule has 0 atom stereocenters. The summed E-state index contributed by atoms with van der Waals surface area (Å²) >= 11 is 1.68. The molecule has 0 radical (unpaired) electrons. The Bertz CT molecular complexity index is 655. The van der Waals surface area contributed by atoms with Crippen molar-refractivity contribution < 1.29 is 9.53 Å². The Morgan fingerprint density at radius 2 is 2.17 bits per heavy atom. The third-order valence-corrected chi connectivity index (χ3v) is 4.10. The maximum Gasteiger partial charge on any atom is 0.407 e. The van der Waals surface area contributed by atoms with Crippen LogP contribution in [0.4, 0.5) is 4.79 Å². The molecular formula is C16H24N4O2S. The molecular weight excluding hydrogens is 312 g/mol. The van der Waals surface area contributed by atoms with Gasteiger partial charge in [0.1, 0.15) is 5.60 Å². The Morgan fingerprint density at radius 1 is 1.43 bits per heavy atom. The van der Waals surface area contributed by atoms with Gasteiger partial charge in [-0.2, -0.15) is 5.10 Å². The van der Waals surface area contributed by atoms with Gasteiger partial charge in [0.15, 0.2) is 0 Å². The maximum absolute atomic E-state index is 11.6. The number of thiazole rings is 1. The van der Waals surface area contributed by atoms with Crippen LogP contribution in [0, 0.1) is 0 Å². The molecule has 2 rings (SSSR count). The Balaban J connectivity index is 1.86. The van der Waals surface area contributed by atoms with Crippen LogP contribution in [-0.4, -0.2) is 26.5 Å². The first-order valence-corrected chi connectivity index (χ1v) is 8.53. The lowest BCUT2D eigenvalue weighted by Crippen LogP contribution is -2.32. The van der Waals surface area contributed by atoms with Crippen LogP contribution in [-0.2, 0) is 17.8 Å². The number of nitrogens with zero attached hydrogens (tertiary/aromatic N) is 3. The van der Waals surface area contributed by atoms with E-state index in [0.717, 1.165) is 16.3 Å². The lowest BCUT2D eigenvalue weighted by molar-refractivity contribution is 0.0523. The van der Waals surface area contributed by atoms with E-state index in [2.05, 4.69) is 34.6 Å². The largest absolute Gasteiger partial charge is 0.444 e. The molecule has 0 aliphatic carbocycles. The second-order valence-electron chi connectivity index (χ2n) is 6.73. The van der Waals surface area contributed by atoms with Crippen molar-refractivity contribution in [1.82, 2.24) is 20.1 Å². The lowest BCUT2D eigenvalue weighted by Gasteiger charge is -2.19. The molecule has 0 saturated carbocycles. The standard InChI is InChI=1S/C16H24N4O2S/c1-11(2)14-19-13(10-23-14)9-20-8-12(7-18-20)6-17-15(21)22-16(3,4)5/h7-8,10-11H,6,9H2,1-5H3,(H,17,21). The molecule has 1 N–H and O–H groups in total. The van der Waals surface area contributed by atoms with Crippen LogP contribution < -0.4 is 5.32 Å². The molecule has 126 valence electrons. The number of aromatic nitrogens is 3. The molecule has 2 aromatic rings. The van der Waals surface area contributed by atoms with E-state index in [0.29, 0.717) is 19.0 Å². The second kappa shape index (κ2) is 7.12. The summed E-state index contributed by atoms with van der Waals surface area (Å²) in [5.74, 6) is 0.444. The number of amides is 1. The van der Waals surface area contributed by atoms with Gasteiger partial charge in [0, 0.05) is 29.6 Å². The zero-order chi connectivity index (χ0) is 17.0. The topological polar surface area (TPSA) is 69.0 Å². The quantitative estimate of drug-likeness (QED) is 0.907. The Kier molecular flexibility index (Phi) is 5.41. The third-order valence-electron chi connectivity index (χ3n) is 2.91. The summed E-state index contributed by atoms with van der Waals surface area (Å²) in [6.45, 7) is 10.8. The minimum Gasteiger partial charge on any atom is -0.444 e. The van der Waals surface area contributed by atoms with E-state index in [-0.39, 0.29) is 0 Å². The van der Waals surface area contributed by atoms with Gasteiger partial charge in [-0.05, 0) is 20.8 Å². The van der Waals surface area contributed by atoms with Crippen molar-refractivity contribution in [1.29, 1.82) is 0 Å². The van der Waals surface area contributed by atoms with Crippen molar-refractivity contribution >= 4 is 17.4 Å². The van der Waals surface area contributed by atoms with E-state index < -0.39 is 11.7 Å². The summed E-state index contributed by atoms with van der Waals surface area (Å²) in [4.78, 5) is 16.2. The molecule has 0 fully saturated rings. The van der Waals surface area contributed by atoms with E-state index in [1.165, 1.54) is 0 Å². The van der Waals surface area contributed by atoms with Crippen LogP contribution in [0.2, 0.25) is 0 Å². The van der Waals surface area contributed by atoms with E-state index >= 15 is 0 Å². The number of rotatable bonds is 5. The van der Waals surface area contributed by atoms with E-state index in [4.69, 9.17) is 4.74 Å². The first-order valence-electron chi connectivity index (χ1n) is 7.65. The van der Waals surface area contributed by atoms with Crippen LogP contribution in [0.25, 0.3) is 0 Å². The number of nitrogens with one attached hydrogen (secondary N) is 1. The van der Waals surface area contributed by atoms with E-state index in [1.54, 1.807) is 17.5 Å². The summed E-state index contributed by atoms with van der Waals surface area (Å²) < 4.78 is 7.03. The molecule has 0 aliphatic heterocycles. The highest BCUT2D eigenvalue weighted by molar-refractivity contribution is 7.09. The van der Waals surface area contributed by atoms with Gasteiger partial charge in [0.05, 0.1) is 23.4 Å². The summed E-state index contributed by atoms with van der Waals surface area (Å²) in [6.07, 6.45) is 3.23. The van der Waals surface area contributed by atoms with Gasteiger partial charge in [-0.25, -0.2) is 9.78 Å². The summed E-state index contributed by atoms with van der Waals surface area (Å²) in [5.41, 5.74) is 1.44. The number of hydrogen-bond acceptors (Lipinski definition) is 5. The molecule has 0 bridgehead atoms. The number of hydrogen-bond donors (Lipinski definition) is 1. The molecule has 7 heteroatoms. The predicted molar refractivity (Wildman–Crippen MR) is 90.6 cm³/mol. The van der Waals surface area contributed by atoms with Gasteiger partial charge in [-0.3, -0.25) is 4.68 Å². The van der Waals surface area contributed by atoms with Crippen LogP contribution in [0.15, 0.2) is 17.8 Å². The van der Waals surface area contributed by atoms with Crippen molar-refractivity contribution in [2.24, 2.45) is 0 Å². The molecule has 0 aromatic carbocycles. The fourth-order valence-electron chi connectivity index (χ4n) is 1.90. The monoisotopic (exact) mass is 336 g/mol. The molecule has 0 aliphatic rings. The van der Waals surface area contributed by atoms with Crippen molar-refractivity contribution in [3.05, 3.63) is 34.0 Å². The van der Waals surface area contributed by atoms with Gasteiger partial charge in [0.25, 0.3) is 0 Å². The third kappa shape index (κ3) is 5.67. The molecule has 6 nitrogen and oxygen atoms in total. The average Bonchev–Trinajstić information content (AvgIpc) is 3.04. The highest BCUT2D eigenvalue weighted by Gasteiger charge is 2.16. The second-order valence-corrected chi connectivity index (χ2v) is 7.62. The number of ether oxygens (including phenoxy) is 1. The summed E-state index contributed by atoms with van der Waals surface area (Å²) in [6, 6.07) is 0. The first-order chi connectivity index (χ1) is 10.7. The Hall–Kier alpha value is -1.89. The average molecular weight is 336 g/mol. The Labute approximate surface area is 140 Å².